The van der Waals surface area contributed by atoms with Gasteiger partial charge in [0.1, 0.15) is 30.0 Å². The molecule has 0 bridgehead atoms. The van der Waals surface area contributed by atoms with Crippen LogP contribution in [0.5, 0.6) is 0 Å². The molecule has 0 saturated carbocycles. The molecule has 0 radical (unpaired) electrons. The van der Waals surface area contributed by atoms with Gasteiger partial charge in [-0.1, -0.05) is 6.08 Å². The molecule has 0 aromatic heterocycles. The summed E-state index contributed by atoms with van der Waals surface area (Å²) < 4.78 is 34.7. The molecule has 2 amide bonds. The lowest BCUT2D eigenvalue weighted by Crippen LogP contribution is -2.54. The Morgan fingerprint density at radius 3 is 2.37 bits per heavy atom. The summed E-state index contributed by atoms with van der Waals surface area (Å²) in [5, 5.41) is 40.1. The minimum absolute atomic E-state index is 0.0812. The maximum Gasteiger partial charge on any atom is 0.397 e. The number of aliphatic hydroxyl groups is 4. The van der Waals surface area contributed by atoms with Crippen LogP contribution in [-0.2, 0) is 24.2 Å². The second-order valence-corrected chi connectivity index (χ2v) is 6.70. The van der Waals surface area contributed by atoms with Crippen molar-refractivity contribution in [2.75, 3.05) is 13.2 Å². The molecule has 0 aliphatic carbocycles. The third-order valence-electron chi connectivity index (χ3n) is 3.32. The van der Waals surface area contributed by atoms with Crippen molar-refractivity contribution in [2.24, 2.45) is 0 Å². The average Bonchev–Trinajstić information content (AvgIpc) is 2.57. The van der Waals surface area contributed by atoms with Crippen molar-refractivity contribution in [2.45, 2.75) is 24.4 Å². The monoisotopic (exact) mass is 426 g/mol. The predicted octanol–water partition coefficient (Wildman–Crippen LogP) is -3.39. The van der Waals surface area contributed by atoms with Crippen molar-refractivity contribution < 1.29 is 47.2 Å². The summed E-state index contributed by atoms with van der Waals surface area (Å²) in [4.78, 5) is 25.2. The van der Waals surface area contributed by atoms with Crippen molar-refractivity contribution in [3.05, 3.63) is 24.3 Å². The first-order valence-electron chi connectivity index (χ1n) is 7.23. The van der Waals surface area contributed by atoms with Gasteiger partial charge in [0.05, 0.1) is 6.61 Å². The van der Waals surface area contributed by atoms with Crippen LogP contribution in [-0.4, -0.2) is 92.8 Å². The van der Waals surface area contributed by atoms with Gasteiger partial charge in [-0.05, 0) is 18.3 Å². The van der Waals surface area contributed by atoms with Gasteiger partial charge in [0.2, 0.25) is 0 Å². The number of rotatable bonds is 9. The van der Waals surface area contributed by atoms with E-state index in [9.17, 15) is 33.3 Å². The molecule has 1 aliphatic heterocycles. The number of thiocarbonyl (C=S) groups is 1. The number of hydrogen-bond acceptors (Lipinski definition) is 10. The van der Waals surface area contributed by atoms with E-state index in [0.29, 0.717) is 6.08 Å². The Morgan fingerprint density at radius 1 is 1.30 bits per heavy atom. The van der Waals surface area contributed by atoms with Crippen molar-refractivity contribution in [1.29, 1.82) is 0 Å². The van der Waals surface area contributed by atoms with Gasteiger partial charge in [-0.15, -0.1) is 6.58 Å². The molecule has 0 aromatic rings. The van der Waals surface area contributed by atoms with Gasteiger partial charge in [0, 0.05) is 6.54 Å². The second kappa shape index (κ2) is 9.43. The van der Waals surface area contributed by atoms with Gasteiger partial charge in [-0.2, -0.15) is 8.42 Å². The zero-order valence-electron chi connectivity index (χ0n) is 13.6. The molecule has 27 heavy (non-hydrogen) atoms. The molecule has 0 unspecified atom stereocenters. The quantitative estimate of drug-likeness (QED) is 0.0707. The standard InChI is InChI=1S/C13H18N2O10S2/c1-2-3-15-12(21)6(11(20)14-13(15)26)4-7(17)10(25-27(22,23)24)9(19)8(18)5-16/h2,4,7-10,16-19H,1,3,5H2,(H,14,20,26)(H,22,23,24)/b6-4+/t7-,8+,9+,10+/m0/s1. The first-order chi connectivity index (χ1) is 12.4. The lowest BCUT2D eigenvalue weighted by Gasteiger charge is -2.30. The smallest absolute Gasteiger partial charge is 0.394 e. The second-order valence-electron chi connectivity index (χ2n) is 5.26. The number of amides is 2. The van der Waals surface area contributed by atoms with E-state index in [2.05, 4.69) is 16.1 Å². The van der Waals surface area contributed by atoms with Gasteiger partial charge in [0.25, 0.3) is 11.8 Å². The molecule has 0 aromatic carbocycles. The molecule has 4 atom stereocenters. The molecule has 1 aliphatic rings. The predicted molar refractivity (Wildman–Crippen MR) is 92.3 cm³/mol. The van der Waals surface area contributed by atoms with Crippen molar-refractivity contribution >= 4 is 39.5 Å². The van der Waals surface area contributed by atoms with E-state index in [4.69, 9.17) is 21.9 Å². The summed E-state index contributed by atoms with van der Waals surface area (Å²) >= 11 is 4.83. The highest BCUT2D eigenvalue weighted by Gasteiger charge is 2.38. The number of nitrogens with one attached hydrogen (secondary N) is 1. The Kier molecular flexibility index (Phi) is 8.12. The van der Waals surface area contributed by atoms with Gasteiger partial charge < -0.3 is 20.4 Å². The first-order valence-corrected chi connectivity index (χ1v) is 9.01. The van der Waals surface area contributed by atoms with Gasteiger partial charge in [0.15, 0.2) is 5.11 Å². The number of carbonyl (C=O) groups is 2. The lowest BCUT2D eigenvalue weighted by atomic mass is 10.00. The third-order valence-corrected chi connectivity index (χ3v) is 4.11. The molecule has 0 spiro atoms. The van der Waals surface area contributed by atoms with Crippen LogP contribution < -0.4 is 5.32 Å². The summed E-state index contributed by atoms with van der Waals surface area (Å²) in [5.74, 6) is -1.97. The number of nitrogens with zero attached hydrogens (tertiary/aromatic N) is 1. The van der Waals surface area contributed by atoms with Crippen molar-refractivity contribution in [1.82, 2.24) is 10.2 Å². The van der Waals surface area contributed by atoms with Crippen LogP contribution in [0.3, 0.4) is 0 Å². The minimum atomic E-state index is -5.22. The van der Waals surface area contributed by atoms with Crippen LogP contribution in [0.25, 0.3) is 0 Å². The van der Waals surface area contributed by atoms with E-state index in [-0.39, 0.29) is 11.7 Å². The SMILES string of the molecule is C=CCN1C(=O)/C(=C/[C@H](O)[C@@H](OS(=O)(=O)O)[C@H](O)[C@H](O)CO)C(=O)NC1=S. The summed E-state index contributed by atoms with van der Waals surface area (Å²) in [6, 6.07) is 0. The highest BCUT2D eigenvalue weighted by Crippen LogP contribution is 2.17. The molecule has 1 rings (SSSR count). The number of carbonyl (C=O) groups excluding carboxylic acids is 2. The first kappa shape index (κ1) is 23.3. The van der Waals surface area contributed by atoms with Crippen LogP contribution in [0.15, 0.2) is 24.3 Å². The van der Waals surface area contributed by atoms with E-state index in [1.54, 1.807) is 0 Å². The van der Waals surface area contributed by atoms with Gasteiger partial charge >= 0.3 is 10.4 Å². The highest BCUT2D eigenvalue weighted by atomic mass is 32.3. The molecule has 12 nitrogen and oxygen atoms in total. The molecule has 14 heteroatoms. The molecule has 152 valence electrons. The fourth-order valence-electron chi connectivity index (χ4n) is 2.06. The minimum Gasteiger partial charge on any atom is -0.394 e. The van der Waals surface area contributed by atoms with Crippen LogP contribution in [0.4, 0.5) is 0 Å². The fraction of sp³-hybridized carbons (Fsp3) is 0.462. The van der Waals surface area contributed by atoms with Crippen LogP contribution in [0, 0.1) is 0 Å². The van der Waals surface area contributed by atoms with E-state index < -0.39 is 58.8 Å². The number of hydrogen-bond donors (Lipinski definition) is 6. The van der Waals surface area contributed by atoms with Crippen molar-refractivity contribution in [3.63, 3.8) is 0 Å². The summed E-state index contributed by atoms with van der Waals surface area (Å²) in [6.45, 7) is 2.29. The van der Waals surface area contributed by atoms with Crippen molar-refractivity contribution in [3.8, 4) is 0 Å². The van der Waals surface area contributed by atoms with Crippen LogP contribution in [0.1, 0.15) is 0 Å². The zero-order chi connectivity index (χ0) is 20.9. The summed E-state index contributed by atoms with van der Waals surface area (Å²) in [7, 11) is -5.22. The average molecular weight is 426 g/mol. The fourth-order valence-corrected chi connectivity index (χ4v) is 2.82. The summed E-state index contributed by atoms with van der Waals surface area (Å²) in [6.07, 6.45) is -6.75. The molecule has 1 saturated heterocycles. The molecular weight excluding hydrogens is 408 g/mol. The maximum atomic E-state index is 12.3. The Hall–Kier alpha value is -1.78. The van der Waals surface area contributed by atoms with Crippen LogP contribution >= 0.6 is 12.2 Å². The van der Waals surface area contributed by atoms with E-state index in [0.717, 1.165) is 4.90 Å². The van der Waals surface area contributed by atoms with E-state index in [1.807, 2.05) is 0 Å². The van der Waals surface area contributed by atoms with Crippen LogP contribution in [0.2, 0.25) is 0 Å². The lowest BCUT2D eigenvalue weighted by molar-refractivity contribution is -0.129. The molecular formula is C13H18N2O10S2. The largest absolute Gasteiger partial charge is 0.397 e. The Bertz CT molecular complexity index is 750. The highest BCUT2D eigenvalue weighted by molar-refractivity contribution is 7.81. The Balaban J connectivity index is 3.24. The van der Waals surface area contributed by atoms with E-state index in [1.165, 1.54) is 6.08 Å². The van der Waals surface area contributed by atoms with Gasteiger partial charge in [-0.25, -0.2) is 4.18 Å². The van der Waals surface area contributed by atoms with E-state index >= 15 is 0 Å². The maximum absolute atomic E-state index is 12.3. The molecule has 1 heterocycles. The normalized spacial score (nSPS) is 21.6. The Morgan fingerprint density at radius 2 is 1.89 bits per heavy atom. The Labute approximate surface area is 159 Å². The number of aliphatic hydroxyl groups excluding tert-OH is 4. The third kappa shape index (κ3) is 6.12. The zero-order valence-corrected chi connectivity index (χ0v) is 15.3. The molecule has 6 N–H and O–H groups in total. The topological polar surface area (TPSA) is 194 Å². The molecule has 1 fully saturated rings. The summed E-state index contributed by atoms with van der Waals surface area (Å²) in [5.41, 5.74) is -0.674. The van der Waals surface area contributed by atoms with Gasteiger partial charge in [-0.3, -0.25) is 24.4 Å².